The van der Waals surface area contributed by atoms with Gasteiger partial charge in [0.25, 0.3) is 5.91 Å². The Balaban J connectivity index is 1.72. The second-order valence-electron chi connectivity index (χ2n) is 6.36. The van der Waals surface area contributed by atoms with Gasteiger partial charge in [-0.25, -0.2) is 8.42 Å². The van der Waals surface area contributed by atoms with Gasteiger partial charge in [-0.3, -0.25) is 13.9 Å². The van der Waals surface area contributed by atoms with Crippen molar-refractivity contribution in [3.63, 3.8) is 0 Å². The first-order valence-corrected chi connectivity index (χ1v) is 10.3. The summed E-state index contributed by atoms with van der Waals surface area (Å²) >= 11 is 0. The Bertz CT molecular complexity index is 955. The largest absolute Gasteiger partial charge is 0.326 e. The number of amides is 2. The molecular formula is C19H21N3O4S. The molecule has 3 rings (SSSR count). The van der Waals surface area contributed by atoms with Crippen molar-refractivity contribution in [2.75, 3.05) is 27.2 Å². The highest BCUT2D eigenvalue weighted by Crippen LogP contribution is 2.24. The normalized spacial score (nSPS) is 15.8. The van der Waals surface area contributed by atoms with Crippen LogP contribution in [0.1, 0.15) is 30.1 Å². The van der Waals surface area contributed by atoms with E-state index in [1.165, 1.54) is 11.2 Å². The van der Waals surface area contributed by atoms with Crippen molar-refractivity contribution in [3.05, 3.63) is 54.1 Å². The van der Waals surface area contributed by atoms with Crippen LogP contribution in [0.5, 0.6) is 0 Å². The Hall–Kier alpha value is -2.87. The van der Waals surface area contributed by atoms with Crippen molar-refractivity contribution < 1.29 is 18.0 Å². The number of rotatable bonds is 4. The average molecular weight is 387 g/mol. The molecule has 8 heteroatoms. The van der Waals surface area contributed by atoms with Crippen molar-refractivity contribution in [3.8, 4) is 0 Å². The van der Waals surface area contributed by atoms with Gasteiger partial charge < -0.3 is 10.6 Å². The van der Waals surface area contributed by atoms with Crippen LogP contribution in [0, 0.1) is 0 Å². The summed E-state index contributed by atoms with van der Waals surface area (Å²) in [5.74, 6) is -0.357. The maximum atomic E-state index is 12.4. The number of anilines is 3. The predicted octanol–water partition coefficient (Wildman–Crippen LogP) is 2.83. The van der Waals surface area contributed by atoms with Gasteiger partial charge in [0.05, 0.1) is 11.4 Å². The number of sulfonamides is 1. The summed E-state index contributed by atoms with van der Waals surface area (Å²) < 4.78 is 25.7. The maximum absolute atomic E-state index is 12.4. The molecule has 1 fully saturated rings. The molecule has 0 aliphatic carbocycles. The second kappa shape index (κ2) is 7.79. The van der Waals surface area contributed by atoms with E-state index >= 15 is 0 Å². The Labute approximate surface area is 158 Å². The number of nitrogens with one attached hydrogen (secondary N) is 2. The van der Waals surface area contributed by atoms with Gasteiger partial charge in [0, 0.05) is 30.4 Å². The molecule has 2 N–H and O–H groups in total. The molecule has 27 heavy (non-hydrogen) atoms. The minimum atomic E-state index is -3.27. The van der Waals surface area contributed by atoms with Crippen LogP contribution in [0.15, 0.2) is 48.5 Å². The first-order valence-electron chi connectivity index (χ1n) is 8.65. The van der Waals surface area contributed by atoms with Crippen LogP contribution in [0.2, 0.25) is 0 Å². The standard InChI is InChI=1S/C19H21N3O4S/c1-14(23)20-16-5-4-6-17(13-16)21-19(24)15-7-9-18(10-8-15)22-11-2-3-12-27(22,25)26/h4-10,13H,2-3,11-12H2,1H3,(H,20,23)(H,21,24). The van der Waals surface area contributed by atoms with Crippen molar-refractivity contribution in [2.24, 2.45) is 0 Å². The summed E-state index contributed by atoms with van der Waals surface area (Å²) in [5.41, 5.74) is 2.12. The molecule has 1 aliphatic heterocycles. The van der Waals surface area contributed by atoms with Crippen LogP contribution in [-0.4, -0.2) is 32.5 Å². The summed E-state index contributed by atoms with van der Waals surface area (Å²) in [5, 5.41) is 5.42. The van der Waals surface area contributed by atoms with Gasteiger partial charge >= 0.3 is 0 Å². The number of hydrogen-bond acceptors (Lipinski definition) is 4. The zero-order valence-corrected chi connectivity index (χ0v) is 15.8. The number of carbonyl (C=O) groups is 2. The lowest BCUT2D eigenvalue weighted by atomic mass is 10.1. The molecular weight excluding hydrogens is 366 g/mol. The monoisotopic (exact) mass is 387 g/mol. The highest BCUT2D eigenvalue weighted by atomic mass is 32.2. The fourth-order valence-corrected chi connectivity index (χ4v) is 4.58. The Morgan fingerprint density at radius 2 is 1.63 bits per heavy atom. The van der Waals surface area contributed by atoms with Crippen LogP contribution in [0.4, 0.5) is 17.1 Å². The summed E-state index contributed by atoms with van der Waals surface area (Å²) in [6.07, 6.45) is 1.50. The highest BCUT2D eigenvalue weighted by Gasteiger charge is 2.26. The van der Waals surface area contributed by atoms with Crippen LogP contribution in [-0.2, 0) is 14.8 Å². The lowest BCUT2D eigenvalue weighted by Crippen LogP contribution is -2.37. The Morgan fingerprint density at radius 3 is 2.26 bits per heavy atom. The molecule has 2 aromatic rings. The zero-order valence-electron chi connectivity index (χ0n) is 14.9. The van der Waals surface area contributed by atoms with E-state index in [4.69, 9.17) is 0 Å². The minimum Gasteiger partial charge on any atom is -0.326 e. The summed E-state index contributed by atoms with van der Waals surface area (Å²) in [6.45, 7) is 1.87. The molecule has 1 saturated heterocycles. The van der Waals surface area contributed by atoms with E-state index in [2.05, 4.69) is 10.6 Å². The highest BCUT2D eigenvalue weighted by molar-refractivity contribution is 7.92. The summed E-state index contributed by atoms with van der Waals surface area (Å²) in [4.78, 5) is 23.6. The quantitative estimate of drug-likeness (QED) is 0.843. The molecule has 0 radical (unpaired) electrons. The molecule has 0 atom stereocenters. The molecule has 1 aliphatic rings. The Kier molecular flexibility index (Phi) is 5.46. The van der Waals surface area contributed by atoms with E-state index in [0.29, 0.717) is 35.6 Å². The third kappa shape index (κ3) is 4.65. The van der Waals surface area contributed by atoms with E-state index in [1.807, 2.05) is 0 Å². The van der Waals surface area contributed by atoms with E-state index in [9.17, 15) is 18.0 Å². The zero-order chi connectivity index (χ0) is 19.4. The summed E-state index contributed by atoms with van der Waals surface area (Å²) in [7, 11) is -3.27. The minimum absolute atomic E-state index is 0.153. The van der Waals surface area contributed by atoms with Gasteiger partial charge in [-0.2, -0.15) is 0 Å². The van der Waals surface area contributed by atoms with E-state index in [1.54, 1.807) is 48.5 Å². The smallest absolute Gasteiger partial charge is 0.255 e. The molecule has 0 bridgehead atoms. The van der Waals surface area contributed by atoms with Crippen LogP contribution in [0.25, 0.3) is 0 Å². The van der Waals surface area contributed by atoms with Crippen molar-refractivity contribution in [1.29, 1.82) is 0 Å². The van der Waals surface area contributed by atoms with Gasteiger partial charge in [-0.1, -0.05) is 6.07 Å². The molecule has 0 saturated carbocycles. The van der Waals surface area contributed by atoms with E-state index in [-0.39, 0.29) is 17.6 Å². The SMILES string of the molecule is CC(=O)Nc1cccc(NC(=O)c2ccc(N3CCCCS3(=O)=O)cc2)c1. The molecule has 0 spiro atoms. The molecule has 2 aromatic carbocycles. The fourth-order valence-electron chi connectivity index (χ4n) is 2.94. The molecule has 2 amide bonds. The van der Waals surface area contributed by atoms with Crippen LogP contribution in [0.3, 0.4) is 0 Å². The number of benzene rings is 2. The predicted molar refractivity (Wildman–Crippen MR) is 106 cm³/mol. The van der Waals surface area contributed by atoms with E-state index in [0.717, 1.165) is 6.42 Å². The van der Waals surface area contributed by atoms with Gasteiger partial charge in [0.15, 0.2) is 0 Å². The van der Waals surface area contributed by atoms with Crippen molar-refractivity contribution >= 4 is 38.9 Å². The first-order chi connectivity index (χ1) is 12.8. The molecule has 142 valence electrons. The molecule has 7 nitrogen and oxygen atoms in total. The number of carbonyl (C=O) groups excluding carboxylic acids is 2. The first kappa shape index (κ1) is 18.9. The van der Waals surface area contributed by atoms with Gasteiger partial charge in [-0.15, -0.1) is 0 Å². The molecule has 1 heterocycles. The van der Waals surface area contributed by atoms with Crippen molar-refractivity contribution in [2.45, 2.75) is 19.8 Å². The third-order valence-electron chi connectivity index (χ3n) is 4.21. The number of nitrogens with zero attached hydrogens (tertiary/aromatic N) is 1. The maximum Gasteiger partial charge on any atom is 0.255 e. The van der Waals surface area contributed by atoms with Gasteiger partial charge in [-0.05, 0) is 55.3 Å². The van der Waals surface area contributed by atoms with Gasteiger partial charge in [0.1, 0.15) is 0 Å². The fraction of sp³-hybridized carbons (Fsp3) is 0.263. The van der Waals surface area contributed by atoms with E-state index < -0.39 is 10.0 Å². The van der Waals surface area contributed by atoms with Crippen LogP contribution >= 0.6 is 0 Å². The average Bonchev–Trinajstić information content (AvgIpc) is 2.61. The second-order valence-corrected chi connectivity index (χ2v) is 8.37. The topological polar surface area (TPSA) is 95.6 Å². The van der Waals surface area contributed by atoms with Crippen LogP contribution < -0.4 is 14.9 Å². The van der Waals surface area contributed by atoms with Crippen molar-refractivity contribution in [1.82, 2.24) is 0 Å². The lowest BCUT2D eigenvalue weighted by Gasteiger charge is -2.28. The third-order valence-corrected chi connectivity index (χ3v) is 6.08. The molecule has 0 unspecified atom stereocenters. The van der Waals surface area contributed by atoms with Gasteiger partial charge in [0.2, 0.25) is 15.9 Å². The Morgan fingerprint density at radius 1 is 0.963 bits per heavy atom. The lowest BCUT2D eigenvalue weighted by molar-refractivity contribution is -0.114. The number of hydrogen-bond donors (Lipinski definition) is 2. The molecule has 0 aromatic heterocycles. The summed E-state index contributed by atoms with van der Waals surface area (Å²) in [6, 6.07) is 13.3.